The van der Waals surface area contributed by atoms with E-state index in [1.165, 1.54) is 0 Å². The van der Waals surface area contributed by atoms with Gasteiger partial charge in [-0.25, -0.2) is 0 Å². The van der Waals surface area contributed by atoms with E-state index in [-0.39, 0.29) is 5.56 Å². The van der Waals surface area contributed by atoms with E-state index < -0.39 is 12.6 Å². The normalized spacial score (nSPS) is 11.5. The van der Waals surface area contributed by atoms with Crippen LogP contribution in [0.2, 0.25) is 0 Å². The van der Waals surface area contributed by atoms with Crippen LogP contribution in [0.25, 0.3) is 37.9 Å². The molecule has 0 fully saturated rings. The van der Waals surface area contributed by atoms with Crippen LogP contribution < -0.4 is 5.73 Å². The predicted molar refractivity (Wildman–Crippen MR) is 150 cm³/mol. The summed E-state index contributed by atoms with van der Waals surface area (Å²) in [6.45, 7) is 4.33. The van der Waals surface area contributed by atoms with E-state index in [4.69, 9.17) is 5.73 Å². The zero-order valence-electron chi connectivity index (χ0n) is 19.9. The van der Waals surface area contributed by atoms with E-state index in [0.29, 0.717) is 0 Å². The maximum Gasteiger partial charge on any atom is 0.393 e. The molecule has 1 nitrogen and oxygen atoms in total. The Morgan fingerprint density at radius 3 is 2.11 bits per heavy atom. The molecule has 184 valence electrons. The Kier molecular flexibility index (Phi) is 6.81. The van der Waals surface area contributed by atoms with Gasteiger partial charge in [-0.05, 0) is 62.4 Å². The number of para-hydroxylation sites is 1. The smallest absolute Gasteiger partial charge is 0.393 e. The van der Waals surface area contributed by atoms with Gasteiger partial charge in [0, 0.05) is 15.5 Å². The quantitative estimate of drug-likeness (QED) is 0.181. The molecule has 2 N–H and O–H groups in total. The van der Waals surface area contributed by atoms with Crippen LogP contribution in [-0.4, -0.2) is 6.18 Å². The van der Waals surface area contributed by atoms with Gasteiger partial charge in [0.05, 0.1) is 6.42 Å². The zero-order valence-corrected chi connectivity index (χ0v) is 20.7. The second-order valence-corrected chi connectivity index (χ2v) is 9.98. The van der Waals surface area contributed by atoms with Crippen molar-refractivity contribution in [3.8, 4) is 22.3 Å². The molecule has 0 aromatic heterocycles. The van der Waals surface area contributed by atoms with Crippen LogP contribution in [0.5, 0.6) is 0 Å². The molecular weight excluding hydrogens is 487 g/mol. The number of hydrogen-bond donors (Lipinski definition) is 1. The fraction of sp³-hybridized carbons (Fsp3) is 0.0625. The maximum atomic E-state index is 12.7. The molecule has 5 rings (SSSR count). The van der Waals surface area contributed by atoms with Gasteiger partial charge in [-0.15, -0.1) is 0 Å². The van der Waals surface area contributed by atoms with Crippen molar-refractivity contribution in [3.05, 3.63) is 127 Å². The van der Waals surface area contributed by atoms with Crippen LogP contribution in [0.15, 0.2) is 121 Å². The molecule has 0 spiro atoms. The SMILES string of the molecule is C=C(Sc1ccccc1N)c1ccc(-c2cccc(-c3ccc(CC(F)(F)F)cc3)c2)c2ccccc12. The molecule has 37 heavy (non-hydrogen) atoms. The Morgan fingerprint density at radius 2 is 1.38 bits per heavy atom. The number of halogens is 3. The Labute approximate surface area is 218 Å². The van der Waals surface area contributed by atoms with E-state index >= 15 is 0 Å². The number of alkyl halides is 3. The van der Waals surface area contributed by atoms with Gasteiger partial charge in [-0.3, -0.25) is 0 Å². The minimum Gasteiger partial charge on any atom is -0.398 e. The van der Waals surface area contributed by atoms with Crippen LogP contribution in [0, 0.1) is 0 Å². The molecule has 0 aliphatic rings. The number of fused-ring (bicyclic) bond motifs is 1. The third kappa shape index (κ3) is 5.57. The first kappa shape index (κ1) is 24.7. The molecular formula is C32H24F3NS. The zero-order chi connectivity index (χ0) is 26.0. The first-order chi connectivity index (χ1) is 17.8. The number of thioether (sulfide) groups is 1. The Morgan fingerprint density at radius 1 is 0.703 bits per heavy atom. The van der Waals surface area contributed by atoms with Crippen molar-refractivity contribution in [1.82, 2.24) is 0 Å². The summed E-state index contributed by atoms with van der Waals surface area (Å²) in [6.07, 6.45) is -5.14. The van der Waals surface area contributed by atoms with Gasteiger partial charge >= 0.3 is 6.18 Å². The van der Waals surface area contributed by atoms with E-state index in [2.05, 4.69) is 43.0 Å². The van der Waals surface area contributed by atoms with Crippen LogP contribution >= 0.6 is 11.8 Å². The molecule has 0 atom stereocenters. The summed E-state index contributed by atoms with van der Waals surface area (Å²) in [6, 6.07) is 34.8. The highest BCUT2D eigenvalue weighted by Gasteiger charge is 2.27. The maximum absolute atomic E-state index is 12.7. The van der Waals surface area contributed by atoms with Crippen molar-refractivity contribution in [1.29, 1.82) is 0 Å². The molecule has 0 unspecified atom stereocenters. The van der Waals surface area contributed by atoms with Crippen LogP contribution in [0.3, 0.4) is 0 Å². The fourth-order valence-electron chi connectivity index (χ4n) is 4.47. The lowest BCUT2D eigenvalue weighted by molar-refractivity contribution is -0.127. The monoisotopic (exact) mass is 511 g/mol. The topological polar surface area (TPSA) is 26.0 Å². The lowest BCUT2D eigenvalue weighted by Crippen LogP contribution is -2.11. The van der Waals surface area contributed by atoms with E-state index in [1.807, 2.05) is 48.5 Å². The summed E-state index contributed by atoms with van der Waals surface area (Å²) in [5.74, 6) is 0. The van der Waals surface area contributed by atoms with Crippen molar-refractivity contribution >= 4 is 33.1 Å². The van der Waals surface area contributed by atoms with Gasteiger partial charge < -0.3 is 5.73 Å². The summed E-state index contributed by atoms with van der Waals surface area (Å²) in [5.41, 5.74) is 12.1. The van der Waals surface area contributed by atoms with E-state index in [1.54, 1.807) is 36.0 Å². The molecule has 0 aliphatic heterocycles. The average Bonchev–Trinajstić information content (AvgIpc) is 2.89. The molecule has 0 bridgehead atoms. The highest BCUT2D eigenvalue weighted by atomic mass is 32.2. The average molecular weight is 512 g/mol. The van der Waals surface area contributed by atoms with Crippen molar-refractivity contribution in [2.75, 3.05) is 5.73 Å². The third-order valence-corrected chi connectivity index (χ3v) is 7.30. The largest absolute Gasteiger partial charge is 0.398 e. The number of benzene rings is 5. The summed E-state index contributed by atoms with van der Waals surface area (Å²) in [5, 5.41) is 2.19. The number of hydrogen-bond acceptors (Lipinski definition) is 2. The molecule has 5 heteroatoms. The summed E-state index contributed by atoms with van der Waals surface area (Å²) >= 11 is 1.55. The van der Waals surface area contributed by atoms with Crippen LogP contribution in [-0.2, 0) is 6.42 Å². The van der Waals surface area contributed by atoms with Gasteiger partial charge in [-0.2, -0.15) is 13.2 Å². The molecule has 0 aliphatic carbocycles. The standard InChI is InChI=1S/C32H24F3NS/c1-21(37-31-12-5-4-11-30(31)36)26-17-18-27(29-10-3-2-9-28(26)29)25-8-6-7-24(19-25)23-15-13-22(14-16-23)20-32(33,34)35/h2-19H,1,20,36H2. The Balaban J connectivity index is 1.49. The van der Waals surface area contributed by atoms with Crippen molar-refractivity contribution < 1.29 is 13.2 Å². The predicted octanol–water partition coefficient (Wildman–Crippen LogP) is 9.62. The van der Waals surface area contributed by atoms with Gasteiger partial charge in [0.1, 0.15) is 0 Å². The van der Waals surface area contributed by atoms with Crippen molar-refractivity contribution in [2.45, 2.75) is 17.5 Å². The second kappa shape index (κ2) is 10.2. The Hall–Kier alpha value is -3.96. The molecule has 5 aromatic carbocycles. The summed E-state index contributed by atoms with van der Waals surface area (Å²) in [4.78, 5) is 1.88. The number of nitrogens with two attached hydrogens (primary N) is 1. The van der Waals surface area contributed by atoms with Gasteiger partial charge in [-0.1, -0.05) is 109 Å². The van der Waals surface area contributed by atoms with Gasteiger partial charge in [0.25, 0.3) is 0 Å². The van der Waals surface area contributed by atoms with Crippen molar-refractivity contribution in [2.24, 2.45) is 0 Å². The first-order valence-corrected chi connectivity index (χ1v) is 12.6. The number of nitrogen functional groups attached to an aromatic ring is 1. The lowest BCUT2D eigenvalue weighted by atomic mass is 9.93. The Bertz CT molecular complexity index is 1590. The number of rotatable bonds is 6. The third-order valence-electron chi connectivity index (χ3n) is 6.24. The lowest BCUT2D eigenvalue weighted by Gasteiger charge is -2.15. The van der Waals surface area contributed by atoms with Gasteiger partial charge in [0.15, 0.2) is 0 Å². The molecule has 5 aromatic rings. The highest BCUT2D eigenvalue weighted by molar-refractivity contribution is 8.08. The minimum atomic E-state index is -4.22. The van der Waals surface area contributed by atoms with Gasteiger partial charge in [0.2, 0.25) is 0 Å². The van der Waals surface area contributed by atoms with Crippen molar-refractivity contribution in [3.63, 3.8) is 0 Å². The first-order valence-electron chi connectivity index (χ1n) is 11.8. The number of anilines is 1. The molecule has 0 saturated heterocycles. The molecule has 0 radical (unpaired) electrons. The van der Waals surface area contributed by atoms with E-state index in [9.17, 15) is 13.2 Å². The molecule has 0 heterocycles. The minimum absolute atomic E-state index is 0.254. The second-order valence-electron chi connectivity index (χ2n) is 8.84. The summed E-state index contributed by atoms with van der Waals surface area (Å²) < 4.78 is 38.2. The van der Waals surface area contributed by atoms with Crippen LogP contribution in [0.1, 0.15) is 11.1 Å². The fourth-order valence-corrected chi connectivity index (χ4v) is 5.35. The van der Waals surface area contributed by atoms with E-state index in [0.717, 1.165) is 54.1 Å². The summed E-state index contributed by atoms with van der Waals surface area (Å²) in [7, 11) is 0. The molecule has 0 saturated carbocycles. The molecule has 0 amide bonds. The van der Waals surface area contributed by atoms with Crippen LogP contribution in [0.4, 0.5) is 18.9 Å². The highest BCUT2D eigenvalue weighted by Crippen LogP contribution is 2.41.